The number of benzene rings is 2. The Morgan fingerprint density at radius 1 is 1.09 bits per heavy atom. The second-order valence-corrected chi connectivity index (χ2v) is 9.67. The molecule has 1 aliphatic rings. The third-order valence-electron chi connectivity index (χ3n) is 5.31. The van der Waals surface area contributed by atoms with Crippen molar-refractivity contribution in [3.05, 3.63) is 47.9 Å². The van der Waals surface area contributed by atoms with Crippen molar-refractivity contribution in [2.45, 2.75) is 31.7 Å². The van der Waals surface area contributed by atoms with Crippen LogP contribution < -0.4 is 10.6 Å². The van der Waals surface area contributed by atoms with Gasteiger partial charge in [-0.05, 0) is 49.7 Å². The van der Waals surface area contributed by atoms with Crippen molar-refractivity contribution in [2.24, 2.45) is 0 Å². The van der Waals surface area contributed by atoms with E-state index in [9.17, 15) is 13.2 Å². The van der Waals surface area contributed by atoms with E-state index in [0.717, 1.165) is 5.69 Å². The second-order valence-electron chi connectivity index (χ2n) is 7.77. The summed E-state index contributed by atoms with van der Waals surface area (Å²) in [5.74, 6) is 0.283. The van der Waals surface area contributed by atoms with Crippen LogP contribution in [-0.4, -0.2) is 56.0 Å². The van der Waals surface area contributed by atoms with Crippen molar-refractivity contribution >= 4 is 38.4 Å². The van der Waals surface area contributed by atoms with E-state index in [1.807, 2.05) is 12.1 Å². The van der Waals surface area contributed by atoms with Crippen molar-refractivity contribution in [3.63, 3.8) is 0 Å². The molecule has 10 heteroatoms. The monoisotopic (exact) mass is 458 g/mol. The van der Waals surface area contributed by atoms with Gasteiger partial charge >= 0.3 is 0 Å². The van der Waals surface area contributed by atoms with E-state index in [2.05, 4.69) is 15.6 Å². The van der Waals surface area contributed by atoms with Crippen LogP contribution in [0.2, 0.25) is 0 Å². The van der Waals surface area contributed by atoms with Crippen molar-refractivity contribution in [1.82, 2.24) is 9.29 Å². The van der Waals surface area contributed by atoms with Gasteiger partial charge in [-0.25, -0.2) is 13.4 Å². The van der Waals surface area contributed by atoms with Gasteiger partial charge in [0, 0.05) is 31.4 Å². The molecule has 32 heavy (non-hydrogen) atoms. The summed E-state index contributed by atoms with van der Waals surface area (Å²) >= 11 is 0. The SMILES string of the molecule is Cc1nc2cc(N[C@@H](C)C(=O)Nc3ccc(C)c(S(=O)(=O)N4CCOCC4)c3)ccc2o1. The Hall–Kier alpha value is -2.95. The van der Waals surface area contributed by atoms with Crippen LogP contribution in [0.15, 0.2) is 45.7 Å². The third-order valence-corrected chi connectivity index (χ3v) is 7.36. The molecule has 4 rings (SSSR count). The summed E-state index contributed by atoms with van der Waals surface area (Å²) in [7, 11) is -3.67. The first-order valence-electron chi connectivity index (χ1n) is 10.4. The zero-order valence-corrected chi connectivity index (χ0v) is 19.0. The van der Waals surface area contributed by atoms with Crippen molar-refractivity contribution < 1.29 is 22.4 Å². The fraction of sp³-hybridized carbons (Fsp3) is 0.364. The normalized spacial score (nSPS) is 16.1. The number of aryl methyl sites for hydroxylation is 2. The fourth-order valence-corrected chi connectivity index (χ4v) is 5.24. The molecule has 2 heterocycles. The zero-order chi connectivity index (χ0) is 22.9. The predicted octanol–water partition coefficient (Wildman–Crippen LogP) is 2.90. The number of amides is 1. The number of morpholine rings is 1. The van der Waals surface area contributed by atoms with E-state index >= 15 is 0 Å². The van der Waals surface area contributed by atoms with Crippen molar-refractivity contribution in [1.29, 1.82) is 0 Å². The van der Waals surface area contributed by atoms with Gasteiger partial charge in [-0.15, -0.1) is 0 Å². The van der Waals surface area contributed by atoms with Crippen LogP contribution in [0.1, 0.15) is 18.4 Å². The molecule has 9 nitrogen and oxygen atoms in total. The first-order valence-corrected chi connectivity index (χ1v) is 11.8. The van der Waals surface area contributed by atoms with Gasteiger partial charge in [0.25, 0.3) is 0 Å². The molecule has 1 saturated heterocycles. The van der Waals surface area contributed by atoms with Crippen LogP contribution >= 0.6 is 0 Å². The second kappa shape index (κ2) is 8.89. The van der Waals surface area contributed by atoms with Gasteiger partial charge in [0.2, 0.25) is 15.9 Å². The minimum atomic E-state index is -3.67. The molecule has 2 N–H and O–H groups in total. The van der Waals surface area contributed by atoms with E-state index < -0.39 is 16.1 Å². The summed E-state index contributed by atoms with van der Waals surface area (Å²) in [4.78, 5) is 17.2. The molecule has 1 atom stereocenters. The first-order chi connectivity index (χ1) is 15.2. The maximum absolute atomic E-state index is 13.1. The summed E-state index contributed by atoms with van der Waals surface area (Å²) < 4.78 is 38.3. The highest BCUT2D eigenvalue weighted by molar-refractivity contribution is 7.89. The van der Waals surface area contributed by atoms with Crippen LogP contribution in [0.4, 0.5) is 11.4 Å². The van der Waals surface area contributed by atoms with Gasteiger partial charge in [0.05, 0.1) is 18.1 Å². The highest BCUT2D eigenvalue weighted by Crippen LogP contribution is 2.25. The van der Waals surface area contributed by atoms with Crippen LogP contribution in [0.5, 0.6) is 0 Å². The third kappa shape index (κ3) is 4.62. The smallest absolute Gasteiger partial charge is 0.246 e. The Morgan fingerprint density at radius 3 is 2.56 bits per heavy atom. The van der Waals surface area contributed by atoms with E-state index in [4.69, 9.17) is 9.15 Å². The maximum Gasteiger partial charge on any atom is 0.246 e. The summed E-state index contributed by atoms with van der Waals surface area (Å²) in [6.07, 6.45) is 0. The number of sulfonamides is 1. The molecule has 1 aromatic heterocycles. The molecule has 1 aliphatic heterocycles. The topological polar surface area (TPSA) is 114 Å². The molecule has 1 amide bonds. The van der Waals surface area contributed by atoms with Gasteiger partial charge in [0.15, 0.2) is 11.5 Å². The largest absolute Gasteiger partial charge is 0.441 e. The van der Waals surface area contributed by atoms with Gasteiger partial charge in [-0.2, -0.15) is 4.31 Å². The molecular formula is C22H26N4O5S. The molecule has 0 unspecified atom stereocenters. The molecule has 0 aliphatic carbocycles. The standard InChI is InChI=1S/C22H26N4O5S/c1-14-4-5-18(13-21(14)32(28,29)26-8-10-30-11-9-26)25-22(27)15(2)23-17-6-7-20-19(12-17)24-16(3)31-20/h4-7,12-13,15,23H,8-11H2,1-3H3,(H,25,27)/t15-/m0/s1. The molecular weight excluding hydrogens is 432 g/mol. The Bertz CT molecular complexity index is 1250. The summed E-state index contributed by atoms with van der Waals surface area (Å²) in [5, 5.41) is 5.94. The van der Waals surface area contributed by atoms with Gasteiger partial charge < -0.3 is 19.8 Å². The predicted molar refractivity (Wildman–Crippen MR) is 121 cm³/mol. The number of hydrogen-bond acceptors (Lipinski definition) is 7. The molecule has 0 radical (unpaired) electrons. The van der Waals surface area contributed by atoms with Crippen LogP contribution in [-0.2, 0) is 19.6 Å². The number of nitrogens with zero attached hydrogens (tertiary/aromatic N) is 2. The lowest BCUT2D eigenvalue weighted by Gasteiger charge is -2.27. The van der Waals surface area contributed by atoms with Crippen LogP contribution in [0, 0.1) is 13.8 Å². The summed E-state index contributed by atoms with van der Waals surface area (Å²) in [6, 6.07) is 9.76. The molecule has 0 bridgehead atoms. The first kappa shape index (κ1) is 22.3. The van der Waals surface area contributed by atoms with Crippen LogP contribution in [0.25, 0.3) is 11.1 Å². The molecule has 170 valence electrons. The van der Waals surface area contributed by atoms with Crippen molar-refractivity contribution in [2.75, 3.05) is 36.9 Å². The highest BCUT2D eigenvalue weighted by Gasteiger charge is 2.28. The van der Waals surface area contributed by atoms with E-state index in [1.165, 1.54) is 10.4 Å². The zero-order valence-electron chi connectivity index (χ0n) is 18.2. The highest BCUT2D eigenvalue weighted by atomic mass is 32.2. The lowest BCUT2D eigenvalue weighted by molar-refractivity contribution is -0.116. The number of carbonyl (C=O) groups is 1. The van der Waals surface area contributed by atoms with Crippen LogP contribution in [0.3, 0.4) is 0 Å². The van der Waals surface area contributed by atoms with Gasteiger partial charge in [-0.3, -0.25) is 4.79 Å². The van der Waals surface area contributed by atoms with E-state index in [1.54, 1.807) is 39.0 Å². The Kier molecular flexibility index (Phi) is 6.18. The van der Waals surface area contributed by atoms with Gasteiger partial charge in [-0.1, -0.05) is 6.07 Å². The molecule has 0 spiro atoms. The number of rotatable bonds is 6. The number of nitrogens with one attached hydrogen (secondary N) is 2. The van der Waals surface area contributed by atoms with Gasteiger partial charge in [0.1, 0.15) is 11.6 Å². The maximum atomic E-state index is 13.1. The molecule has 2 aromatic carbocycles. The summed E-state index contributed by atoms with van der Waals surface area (Å²) in [5.41, 5.74) is 3.16. The minimum absolute atomic E-state index is 0.185. The molecule has 0 saturated carbocycles. The summed E-state index contributed by atoms with van der Waals surface area (Å²) in [6.45, 7) is 6.62. The van der Waals surface area contributed by atoms with E-state index in [0.29, 0.717) is 54.5 Å². The lowest BCUT2D eigenvalue weighted by atomic mass is 10.2. The Labute approximate surface area is 186 Å². The van der Waals surface area contributed by atoms with E-state index in [-0.39, 0.29) is 10.8 Å². The minimum Gasteiger partial charge on any atom is -0.441 e. The molecule has 3 aromatic rings. The Balaban J connectivity index is 1.48. The number of ether oxygens (including phenoxy) is 1. The molecule has 1 fully saturated rings. The average molecular weight is 459 g/mol. The number of anilines is 2. The number of fused-ring (bicyclic) bond motifs is 1. The fourth-order valence-electron chi connectivity index (χ4n) is 3.58. The quantitative estimate of drug-likeness (QED) is 0.584. The number of hydrogen-bond donors (Lipinski definition) is 2. The number of aromatic nitrogens is 1. The van der Waals surface area contributed by atoms with Crippen molar-refractivity contribution in [3.8, 4) is 0 Å². The lowest BCUT2D eigenvalue weighted by Crippen LogP contribution is -2.40. The number of oxazole rings is 1. The number of carbonyl (C=O) groups excluding carboxylic acids is 1. The Morgan fingerprint density at radius 2 is 1.81 bits per heavy atom. The average Bonchev–Trinajstić information content (AvgIpc) is 3.14.